The molecule has 2 aliphatic rings. The monoisotopic (exact) mass is 280 g/mol. The van der Waals surface area contributed by atoms with Crippen molar-refractivity contribution < 1.29 is 9.59 Å². The number of nitrogens with zero attached hydrogens (tertiary/aromatic N) is 1. The molecule has 2 fully saturated rings. The van der Waals surface area contributed by atoms with Gasteiger partial charge in [0.1, 0.15) is 11.6 Å². The van der Waals surface area contributed by atoms with E-state index in [1.54, 1.807) is 4.90 Å². The lowest BCUT2D eigenvalue weighted by molar-refractivity contribution is -0.158. The van der Waals surface area contributed by atoms with Gasteiger partial charge in [0, 0.05) is 6.54 Å². The molecule has 2 amide bonds. The number of rotatable bonds is 3. The predicted octanol–water partition coefficient (Wildman–Crippen LogP) is 2.33. The fourth-order valence-electron chi connectivity index (χ4n) is 3.42. The molecule has 0 bridgehead atoms. The Hall–Kier alpha value is -1.06. The van der Waals surface area contributed by atoms with Crippen LogP contribution in [-0.4, -0.2) is 34.8 Å². The van der Waals surface area contributed by atoms with Crippen molar-refractivity contribution in [2.75, 3.05) is 6.54 Å². The zero-order valence-electron chi connectivity index (χ0n) is 13.2. The highest BCUT2D eigenvalue weighted by molar-refractivity contribution is 5.99. The molecular weight excluding hydrogens is 252 g/mol. The molecule has 1 saturated carbocycles. The zero-order chi connectivity index (χ0) is 14.9. The van der Waals surface area contributed by atoms with Gasteiger partial charge in [-0.1, -0.05) is 33.1 Å². The van der Waals surface area contributed by atoms with Crippen LogP contribution in [0.1, 0.15) is 59.8 Å². The van der Waals surface area contributed by atoms with E-state index in [4.69, 9.17) is 0 Å². The topological polar surface area (TPSA) is 49.4 Å². The van der Waals surface area contributed by atoms with Gasteiger partial charge >= 0.3 is 0 Å². The van der Waals surface area contributed by atoms with E-state index in [0.29, 0.717) is 18.4 Å². The zero-order valence-corrected chi connectivity index (χ0v) is 13.2. The van der Waals surface area contributed by atoms with Crippen molar-refractivity contribution in [3.8, 4) is 0 Å². The fraction of sp³-hybridized carbons (Fsp3) is 0.875. The molecule has 114 valence electrons. The maximum Gasteiger partial charge on any atom is 0.246 e. The van der Waals surface area contributed by atoms with Crippen molar-refractivity contribution in [1.29, 1.82) is 0 Å². The van der Waals surface area contributed by atoms with Crippen molar-refractivity contribution >= 4 is 11.8 Å². The van der Waals surface area contributed by atoms with Gasteiger partial charge in [0.25, 0.3) is 0 Å². The van der Waals surface area contributed by atoms with Crippen molar-refractivity contribution in [2.45, 2.75) is 71.4 Å². The SMILES string of the molecule is CC(C)CN1C(=O)C(C2CCCCC2)NC(=O)C1(C)C. The van der Waals surface area contributed by atoms with E-state index >= 15 is 0 Å². The fourth-order valence-corrected chi connectivity index (χ4v) is 3.42. The van der Waals surface area contributed by atoms with E-state index in [1.165, 1.54) is 19.3 Å². The first-order valence-corrected chi connectivity index (χ1v) is 7.96. The molecule has 1 atom stereocenters. The van der Waals surface area contributed by atoms with Crippen LogP contribution in [0.2, 0.25) is 0 Å². The largest absolute Gasteiger partial charge is 0.342 e. The normalized spacial score (nSPS) is 27.9. The van der Waals surface area contributed by atoms with E-state index in [0.717, 1.165) is 12.8 Å². The number of hydrogen-bond donors (Lipinski definition) is 1. The van der Waals surface area contributed by atoms with Crippen LogP contribution in [0.5, 0.6) is 0 Å². The molecule has 0 aromatic carbocycles. The Labute approximate surface area is 122 Å². The Morgan fingerprint density at radius 3 is 2.35 bits per heavy atom. The van der Waals surface area contributed by atoms with Gasteiger partial charge in [-0.05, 0) is 38.5 Å². The molecule has 1 heterocycles. The van der Waals surface area contributed by atoms with Gasteiger partial charge in [-0.25, -0.2) is 0 Å². The van der Waals surface area contributed by atoms with Crippen molar-refractivity contribution in [2.24, 2.45) is 11.8 Å². The standard InChI is InChI=1S/C16H28N2O2/c1-11(2)10-18-14(19)13(12-8-6-5-7-9-12)17-15(20)16(18,3)4/h11-13H,5-10H2,1-4H3,(H,17,20). The summed E-state index contributed by atoms with van der Waals surface area (Å²) in [5.41, 5.74) is -0.730. The summed E-state index contributed by atoms with van der Waals surface area (Å²) in [7, 11) is 0. The van der Waals surface area contributed by atoms with Crippen LogP contribution in [0, 0.1) is 11.8 Å². The summed E-state index contributed by atoms with van der Waals surface area (Å²) in [6.45, 7) is 8.53. The summed E-state index contributed by atoms with van der Waals surface area (Å²) in [5, 5.41) is 3.00. The molecule has 1 unspecified atom stereocenters. The second-order valence-corrected chi connectivity index (χ2v) is 7.25. The first kappa shape index (κ1) is 15.3. The van der Waals surface area contributed by atoms with Gasteiger partial charge in [-0.3, -0.25) is 9.59 Å². The average molecular weight is 280 g/mol. The Bertz CT molecular complexity index is 384. The highest BCUT2D eigenvalue weighted by Gasteiger charge is 2.48. The van der Waals surface area contributed by atoms with Gasteiger partial charge in [-0.2, -0.15) is 0 Å². The second kappa shape index (κ2) is 5.74. The highest BCUT2D eigenvalue weighted by atomic mass is 16.2. The molecule has 1 aliphatic heterocycles. The Kier molecular flexibility index (Phi) is 4.40. The molecule has 20 heavy (non-hydrogen) atoms. The Balaban J connectivity index is 2.20. The molecule has 2 rings (SSSR count). The van der Waals surface area contributed by atoms with E-state index in [9.17, 15) is 9.59 Å². The molecular formula is C16H28N2O2. The maximum absolute atomic E-state index is 12.8. The van der Waals surface area contributed by atoms with Gasteiger partial charge in [-0.15, -0.1) is 0 Å². The summed E-state index contributed by atoms with van der Waals surface area (Å²) in [4.78, 5) is 27.0. The summed E-state index contributed by atoms with van der Waals surface area (Å²) in [6, 6.07) is -0.297. The smallest absolute Gasteiger partial charge is 0.246 e. The maximum atomic E-state index is 12.8. The molecule has 0 spiro atoms. The summed E-state index contributed by atoms with van der Waals surface area (Å²) in [6.07, 6.45) is 5.74. The van der Waals surface area contributed by atoms with Crippen LogP contribution in [0.25, 0.3) is 0 Å². The lowest BCUT2D eigenvalue weighted by atomic mass is 9.80. The van der Waals surface area contributed by atoms with Crippen LogP contribution < -0.4 is 5.32 Å². The Morgan fingerprint density at radius 1 is 1.20 bits per heavy atom. The summed E-state index contributed by atoms with van der Waals surface area (Å²) < 4.78 is 0. The number of piperazine rings is 1. The second-order valence-electron chi connectivity index (χ2n) is 7.25. The Morgan fingerprint density at radius 2 is 1.80 bits per heavy atom. The third-order valence-electron chi connectivity index (χ3n) is 4.72. The van der Waals surface area contributed by atoms with Gasteiger partial charge in [0.2, 0.25) is 11.8 Å². The van der Waals surface area contributed by atoms with Gasteiger partial charge < -0.3 is 10.2 Å². The first-order valence-electron chi connectivity index (χ1n) is 7.96. The third kappa shape index (κ3) is 2.84. The van der Waals surface area contributed by atoms with Crippen molar-refractivity contribution in [3.63, 3.8) is 0 Å². The van der Waals surface area contributed by atoms with Crippen molar-refractivity contribution in [1.82, 2.24) is 10.2 Å². The lowest BCUT2D eigenvalue weighted by Crippen LogP contribution is -2.70. The quantitative estimate of drug-likeness (QED) is 0.862. The van der Waals surface area contributed by atoms with Crippen molar-refractivity contribution in [3.05, 3.63) is 0 Å². The van der Waals surface area contributed by atoms with E-state index in [1.807, 2.05) is 13.8 Å². The third-order valence-corrected chi connectivity index (χ3v) is 4.72. The number of carbonyl (C=O) groups excluding carboxylic acids is 2. The van der Waals surface area contributed by atoms with Crippen LogP contribution >= 0.6 is 0 Å². The highest BCUT2D eigenvalue weighted by Crippen LogP contribution is 2.31. The minimum Gasteiger partial charge on any atom is -0.342 e. The van der Waals surface area contributed by atoms with Crippen LogP contribution in [0.4, 0.5) is 0 Å². The minimum absolute atomic E-state index is 0.00618. The number of amides is 2. The molecule has 4 heteroatoms. The number of nitrogens with one attached hydrogen (secondary N) is 1. The van der Waals surface area contributed by atoms with E-state index in [2.05, 4.69) is 19.2 Å². The predicted molar refractivity (Wildman–Crippen MR) is 79.1 cm³/mol. The summed E-state index contributed by atoms with van der Waals surface area (Å²) >= 11 is 0. The molecule has 0 aromatic heterocycles. The average Bonchev–Trinajstić information content (AvgIpc) is 2.40. The van der Waals surface area contributed by atoms with Gasteiger partial charge in [0.15, 0.2) is 0 Å². The van der Waals surface area contributed by atoms with Crippen LogP contribution in [-0.2, 0) is 9.59 Å². The molecule has 4 nitrogen and oxygen atoms in total. The molecule has 1 aliphatic carbocycles. The molecule has 0 radical (unpaired) electrons. The number of hydrogen-bond acceptors (Lipinski definition) is 2. The van der Waals surface area contributed by atoms with E-state index in [-0.39, 0.29) is 17.9 Å². The molecule has 0 aromatic rings. The minimum atomic E-state index is -0.730. The van der Waals surface area contributed by atoms with Crippen LogP contribution in [0.3, 0.4) is 0 Å². The molecule has 1 saturated heterocycles. The van der Waals surface area contributed by atoms with E-state index < -0.39 is 5.54 Å². The molecule has 1 N–H and O–H groups in total. The first-order chi connectivity index (χ1) is 9.34. The lowest BCUT2D eigenvalue weighted by Gasteiger charge is -2.47. The van der Waals surface area contributed by atoms with Gasteiger partial charge in [0.05, 0.1) is 0 Å². The van der Waals surface area contributed by atoms with Crippen LogP contribution in [0.15, 0.2) is 0 Å². The number of carbonyl (C=O) groups is 2. The summed E-state index contributed by atoms with van der Waals surface area (Å²) in [5.74, 6) is 0.811.